The number of benzene rings is 1. The Morgan fingerprint density at radius 2 is 2.11 bits per heavy atom. The molecule has 0 fully saturated rings. The summed E-state index contributed by atoms with van der Waals surface area (Å²) in [5.74, 6) is 1.57. The molecule has 4 heteroatoms. The van der Waals surface area contributed by atoms with E-state index in [1.165, 1.54) is 4.88 Å². The molecule has 1 aromatic heterocycles. The third-order valence-corrected chi connectivity index (χ3v) is 3.95. The van der Waals surface area contributed by atoms with Gasteiger partial charge in [0.2, 0.25) is 0 Å². The van der Waals surface area contributed by atoms with Crippen LogP contribution in [0.1, 0.15) is 16.5 Å². The Labute approximate surface area is 110 Å². The fraction of sp³-hybridized carbons (Fsp3) is 0.286. The summed E-state index contributed by atoms with van der Waals surface area (Å²) in [6.45, 7) is 2.57. The van der Waals surface area contributed by atoms with Crippen LogP contribution < -0.4 is 15.2 Å². The van der Waals surface area contributed by atoms with Crippen molar-refractivity contribution in [2.45, 2.75) is 19.1 Å². The monoisotopic (exact) mass is 261 g/mol. The predicted octanol–water partition coefficient (Wildman–Crippen LogP) is 2.90. The topological polar surface area (TPSA) is 44.5 Å². The quantitative estimate of drug-likeness (QED) is 0.904. The Kier molecular flexibility index (Phi) is 2.97. The van der Waals surface area contributed by atoms with Crippen LogP contribution >= 0.6 is 11.3 Å². The summed E-state index contributed by atoms with van der Waals surface area (Å²) in [5.41, 5.74) is 7.36. The largest absolute Gasteiger partial charge is 0.486 e. The van der Waals surface area contributed by atoms with Crippen molar-refractivity contribution in [2.24, 2.45) is 5.73 Å². The molecular formula is C14H15NO2S. The molecule has 0 radical (unpaired) electrons. The summed E-state index contributed by atoms with van der Waals surface area (Å²) in [7, 11) is 0. The van der Waals surface area contributed by atoms with E-state index in [9.17, 15) is 0 Å². The molecule has 2 atom stereocenters. The van der Waals surface area contributed by atoms with Crippen LogP contribution in [-0.2, 0) is 0 Å². The van der Waals surface area contributed by atoms with Crippen molar-refractivity contribution in [1.29, 1.82) is 0 Å². The first-order valence-corrected chi connectivity index (χ1v) is 6.81. The predicted molar refractivity (Wildman–Crippen MR) is 72.3 cm³/mol. The highest BCUT2D eigenvalue weighted by molar-refractivity contribution is 7.10. The van der Waals surface area contributed by atoms with Crippen LogP contribution in [0, 0.1) is 6.92 Å². The first-order valence-electron chi connectivity index (χ1n) is 5.93. The number of rotatable bonds is 2. The average molecular weight is 261 g/mol. The van der Waals surface area contributed by atoms with Gasteiger partial charge in [-0.2, -0.15) is 0 Å². The van der Waals surface area contributed by atoms with Gasteiger partial charge in [0.15, 0.2) is 17.6 Å². The van der Waals surface area contributed by atoms with Gasteiger partial charge in [-0.1, -0.05) is 12.1 Å². The molecule has 2 aromatic rings. The van der Waals surface area contributed by atoms with Gasteiger partial charge in [0.1, 0.15) is 6.61 Å². The van der Waals surface area contributed by atoms with E-state index in [4.69, 9.17) is 15.2 Å². The second kappa shape index (κ2) is 4.63. The lowest BCUT2D eigenvalue weighted by molar-refractivity contribution is 0.0722. The third-order valence-electron chi connectivity index (χ3n) is 3.07. The van der Waals surface area contributed by atoms with Gasteiger partial charge in [-0.15, -0.1) is 11.3 Å². The Morgan fingerprint density at radius 3 is 2.83 bits per heavy atom. The van der Waals surface area contributed by atoms with E-state index in [1.54, 1.807) is 11.3 Å². The lowest BCUT2D eigenvalue weighted by Crippen LogP contribution is -2.38. The van der Waals surface area contributed by atoms with Crippen LogP contribution in [0.3, 0.4) is 0 Å². The smallest absolute Gasteiger partial charge is 0.161 e. The van der Waals surface area contributed by atoms with Gasteiger partial charge in [-0.05, 0) is 36.1 Å². The lowest BCUT2D eigenvalue weighted by atomic mass is 10.1. The molecule has 0 saturated carbocycles. The molecule has 18 heavy (non-hydrogen) atoms. The second-order valence-electron chi connectivity index (χ2n) is 4.43. The van der Waals surface area contributed by atoms with Crippen molar-refractivity contribution < 1.29 is 9.47 Å². The van der Waals surface area contributed by atoms with Crippen molar-refractivity contribution in [2.75, 3.05) is 6.61 Å². The molecule has 1 aliphatic rings. The van der Waals surface area contributed by atoms with E-state index in [-0.39, 0.29) is 12.1 Å². The number of hydrogen-bond donors (Lipinski definition) is 1. The maximum atomic E-state index is 6.24. The fourth-order valence-electron chi connectivity index (χ4n) is 2.07. The molecule has 2 unspecified atom stereocenters. The van der Waals surface area contributed by atoms with Gasteiger partial charge in [0.25, 0.3) is 0 Å². The standard InChI is InChI=1S/C14H15NO2S/c1-9-6-10(8-18-9)14(15)13-7-16-11-4-2-3-5-12(11)17-13/h2-6,8,13-14H,7,15H2,1H3. The zero-order valence-electron chi connectivity index (χ0n) is 10.1. The number of aryl methyl sites for hydroxylation is 1. The minimum Gasteiger partial charge on any atom is -0.486 e. The highest BCUT2D eigenvalue weighted by atomic mass is 32.1. The Hall–Kier alpha value is -1.52. The third kappa shape index (κ3) is 2.09. The molecule has 94 valence electrons. The van der Waals surface area contributed by atoms with Crippen LogP contribution in [0.25, 0.3) is 0 Å². The second-order valence-corrected chi connectivity index (χ2v) is 5.55. The average Bonchev–Trinajstić information content (AvgIpc) is 2.84. The number of nitrogens with two attached hydrogens (primary N) is 1. The fourth-order valence-corrected chi connectivity index (χ4v) is 2.82. The number of ether oxygens (including phenoxy) is 2. The maximum Gasteiger partial charge on any atom is 0.161 e. The molecule has 0 bridgehead atoms. The van der Waals surface area contributed by atoms with E-state index < -0.39 is 0 Å². The minimum atomic E-state index is -0.150. The molecule has 3 nitrogen and oxygen atoms in total. The number of fused-ring (bicyclic) bond motifs is 1. The highest BCUT2D eigenvalue weighted by Crippen LogP contribution is 2.34. The molecule has 0 aliphatic carbocycles. The van der Waals surface area contributed by atoms with Gasteiger partial charge < -0.3 is 15.2 Å². The summed E-state index contributed by atoms with van der Waals surface area (Å²) in [4.78, 5) is 1.26. The molecule has 1 aliphatic heterocycles. The molecule has 0 amide bonds. The highest BCUT2D eigenvalue weighted by Gasteiger charge is 2.27. The van der Waals surface area contributed by atoms with Crippen LogP contribution in [-0.4, -0.2) is 12.7 Å². The van der Waals surface area contributed by atoms with Crippen LogP contribution in [0.2, 0.25) is 0 Å². The van der Waals surface area contributed by atoms with E-state index >= 15 is 0 Å². The normalized spacial score (nSPS) is 19.6. The zero-order chi connectivity index (χ0) is 12.5. The lowest BCUT2D eigenvalue weighted by Gasteiger charge is -2.30. The summed E-state index contributed by atoms with van der Waals surface area (Å²) >= 11 is 1.71. The van der Waals surface area contributed by atoms with E-state index in [0.29, 0.717) is 6.61 Å². The Bertz CT molecular complexity index is 552. The summed E-state index contributed by atoms with van der Waals surface area (Å²) in [6.07, 6.45) is -0.131. The molecular weight excluding hydrogens is 246 g/mol. The van der Waals surface area contributed by atoms with Crippen LogP contribution in [0.5, 0.6) is 11.5 Å². The maximum absolute atomic E-state index is 6.24. The SMILES string of the molecule is Cc1cc(C(N)C2COc3ccccc3O2)cs1. The van der Waals surface area contributed by atoms with Gasteiger partial charge in [0.05, 0.1) is 6.04 Å². The molecule has 3 rings (SSSR count). The Morgan fingerprint density at radius 1 is 1.33 bits per heavy atom. The summed E-state index contributed by atoms with van der Waals surface area (Å²) in [5, 5.41) is 2.09. The van der Waals surface area contributed by atoms with Crippen molar-refractivity contribution in [1.82, 2.24) is 0 Å². The molecule has 0 spiro atoms. The molecule has 2 heterocycles. The van der Waals surface area contributed by atoms with E-state index in [0.717, 1.165) is 17.1 Å². The molecule has 2 N–H and O–H groups in total. The van der Waals surface area contributed by atoms with Gasteiger partial charge in [-0.3, -0.25) is 0 Å². The van der Waals surface area contributed by atoms with Gasteiger partial charge in [-0.25, -0.2) is 0 Å². The molecule has 0 saturated heterocycles. The number of hydrogen-bond acceptors (Lipinski definition) is 4. The minimum absolute atomic E-state index is 0.131. The van der Waals surface area contributed by atoms with Crippen LogP contribution in [0.15, 0.2) is 35.7 Å². The van der Waals surface area contributed by atoms with Gasteiger partial charge in [0, 0.05) is 4.88 Å². The van der Waals surface area contributed by atoms with Crippen LogP contribution in [0.4, 0.5) is 0 Å². The summed E-state index contributed by atoms with van der Waals surface area (Å²) < 4.78 is 11.6. The van der Waals surface area contributed by atoms with Crippen molar-refractivity contribution in [3.63, 3.8) is 0 Å². The van der Waals surface area contributed by atoms with Crippen molar-refractivity contribution >= 4 is 11.3 Å². The summed E-state index contributed by atoms with van der Waals surface area (Å²) in [6, 6.07) is 9.65. The van der Waals surface area contributed by atoms with Crippen molar-refractivity contribution in [3.05, 3.63) is 46.2 Å². The number of para-hydroxylation sites is 2. The first kappa shape index (κ1) is 11.6. The molecule has 1 aromatic carbocycles. The Balaban J connectivity index is 1.79. The number of thiophene rings is 1. The van der Waals surface area contributed by atoms with E-state index in [1.807, 2.05) is 24.3 Å². The first-order chi connectivity index (χ1) is 8.74. The zero-order valence-corrected chi connectivity index (χ0v) is 10.9. The van der Waals surface area contributed by atoms with E-state index in [2.05, 4.69) is 18.4 Å². The van der Waals surface area contributed by atoms with Gasteiger partial charge >= 0.3 is 0 Å². The van der Waals surface area contributed by atoms with Crippen molar-refractivity contribution in [3.8, 4) is 11.5 Å².